The Morgan fingerprint density at radius 1 is 1.50 bits per heavy atom. The Kier molecular flexibility index (Phi) is 2.11. The average molecular weight is 155 g/mol. The van der Waals surface area contributed by atoms with Gasteiger partial charge in [0.1, 0.15) is 0 Å². The van der Waals surface area contributed by atoms with E-state index in [0.717, 1.165) is 0 Å². The molecule has 1 aromatic heterocycles. The lowest BCUT2D eigenvalue weighted by Crippen LogP contribution is -2.03. The molecule has 0 bridgehead atoms. The van der Waals surface area contributed by atoms with Crippen LogP contribution in [-0.2, 0) is 0 Å². The number of thiophene rings is 1. The molecule has 0 fully saturated rings. The van der Waals surface area contributed by atoms with E-state index in [1.807, 2.05) is 6.92 Å². The van der Waals surface area contributed by atoms with E-state index < -0.39 is 0 Å². The van der Waals surface area contributed by atoms with E-state index in [9.17, 15) is 0 Å². The van der Waals surface area contributed by atoms with Crippen molar-refractivity contribution in [2.45, 2.75) is 26.8 Å². The highest BCUT2D eigenvalue weighted by Gasteiger charge is 2.05. The first-order valence-corrected chi connectivity index (χ1v) is 4.25. The average Bonchev–Trinajstić information content (AvgIpc) is 2.10. The lowest BCUT2D eigenvalue weighted by molar-refractivity contribution is 0.831. The van der Waals surface area contributed by atoms with Crippen molar-refractivity contribution < 1.29 is 0 Å². The third-order valence-corrected chi connectivity index (χ3v) is 2.85. The van der Waals surface area contributed by atoms with Crippen molar-refractivity contribution in [2.75, 3.05) is 0 Å². The van der Waals surface area contributed by atoms with Crippen molar-refractivity contribution in [2.24, 2.45) is 5.73 Å². The molecule has 1 aromatic rings. The molecule has 0 unspecified atom stereocenters. The molecule has 1 heterocycles. The summed E-state index contributed by atoms with van der Waals surface area (Å²) >= 11 is 1.80. The fourth-order valence-corrected chi connectivity index (χ4v) is 2.10. The van der Waals surface area contributed by atoms with E-state index in [2.05, 4.69) is 19.9 Å². The summed E-state index contributed by atoms with van der Waals surface area (Å²) in [6, 6.07) is 2.38. The summed E-state index contributed by atoms with van der Waals surface area (Å²) in [5.41, 5.74) is 7.07. The molecule has 0 aliphatic carbocycles. The molecule has 1 nitrogen and oxygen atoms in total. The molecular weight excluding hydrogens is 142 g/mol. The van der Waals surface area contributed by atoms with E-state index in [4.69, 9.17) is 5.73 Å². The molecule has 2 N–H and O–H groups in total. The summed E-state index contributed by atoms with van der Waals surface area (Å²) in [7, 11) is 0. The molecule has 2 heteroatoms. The number of hydrogen-bond donors (Lipinski definition) is 1. The Bertz CT molecular complexity index is 225. The molecule has 1 atom stereocenters. The molecule has 10 heavy (non-hydrogen) atoms. The van der Waals surface area contributed by atoms with Gasteiger partial charge in [0.2, 0.25) is 0 Å². The fraction of sp³-hybridized carbons (Fsp3) is 0.500. The van der Waals surface area contributed by atoms with Gasteiger partial charge in [-0.25, -0.2) is 0 Å². The molecule has 0 saturated carbocycles. The van der Waals surface area contributed by atoms with Crippen molar-refractivity contribution in [3.63, 3.8) is 0 Å². The number of aryl methyl sites for hydroxylation is 2. The van der Waals surface area contributed by atoms with Gasteiger partial charge in [0, 0.05) is 15.8 Å². The standard InChI is InChI=1S/C8H13NS/c1-5-4-6(2)10-8(5)7(3)9/h4,7H,9H2,1-3H3/t7-/m0/s1. The lowest BCUT2D eigenvalue weighted by atomic mass is 10.2. The normalized spacial score (nSPS) is 13.6. The molecule has 0 spiro atoms. The second kappa shape index (κ2) is 2.72. The molecule has 0 aliphatic rings. The Labute approximate surface area is 65.9 Å². The highest BCUT2D eigenvalue weighted by atomic mass is 32.1. The predicted molar refractivity (Wildman–Crippen MR) is 46.4 cm³/mol. The Hall–Kier alpha value is -0.340. The molecule has 0 aromatic carbocycles. The highest BCUT2D eigenvalue weighted by molar-refractivity contribution is 7.12. The van der Waals surface area contributed by atoms with Crippen molar-refractivity contribution in [3.8, 4) is 0 Å². The zero-order valence-corrected chi connectivity index (χ0v) is 7.46. The van der Waals surface area contributed by atoms with Crippen LogP contribution < -0.4 is 5.73 Å². The molecule has 0 aliphatic heterocycles. The van der Waals surface area contributed by atoms with Gasteiger partial charge in [0.15, 0.2) is 0 Å². The third kappa shape index (κ3) is 1.39. The minimum atomic E-state index is 0.193. The summed E-state index contributed by atoms with van der Waals surface area (Å²) < 4.78 is 0. The van der Waals surface area contributed by atoms with Gasteiger partial charge >= 0.3 is 0 Å². The van der Waals surface area contributed by atoms with E-state index in [-0.39, 0.29) is 6.04 Å². The second-order valence-electron chi connectivity index (χ2n) is 2.69. The molecule has 0 amide bonds. The Morgan fingerprint density at radius 2 is 2.10 bits per heavy atom. The summed E-state index contributed by atoms with van der Waals surface area (Å²) in [4.78, 5) is 2.67. The van der Waals surface area contributed by atoms with Crippen LogP contribution in [0.3, 0.4) is 0 Å². The van der Waals surface area contributed by atoms with Crippen LogP contribution in [-0.4, -0.2) is 0 Å². The first-order chi connectivity index (χ1) is 4.61. The third-order valence-electron chi connectivity index (χ3n) is 1.49. The van der Waals surface area contributed by atoms with Crippen molar-refractivity contribution >= 4 is 11.3 Å². The van der Waals surface area contributed by atoms with Gasteiger partial charge in [-0.3, -0.25) is 0 Å². The summed E-state index contributed by atoms with van der Waals surface area (Å²) in [6.45, 7) is 6.25. The minimum Gasteiger partial charge on any atom is -0.323 e. The zero-order chi connectivity index (χ0) is 7.72. The van der Waals surface area contributed by atoms with E-state index in [1.165, 1.54) is 15.3 Å². The van der Waals surface area contributed by atoms with E-state index >= 15 is 0 Å². The molecule has 56 valence electrons. The van der Waals surface area contributed by atoms with Gasteiger partial charge < -0.3 is 5.73 Å². The molecule has 1 rings (SSSR count). The smallest absolute Gasteiger partial charge is 0.0363 e. The highest BCUT2D eigenvalue weighted by Crippen LogP contribution is 2.25. The lowest BCUT2D eigenvalue weighted by Gasteiger charge is -2.01. The maximum Gasteiger partial charge on any atom is 0.0363 e. The van der Waals surface area contributed by atoms with Crippen LogP contribution in [0.4, 0.5) is 0 Å². The van der Waals surface area contributed by atoms with Crippen LogP contribution >= 0.6 is 11.3 Å². The fourth-order valence-electron chi connectivity index (χ4n) is 1.11. The van der Waals surface area contributed by atoms with Crippen LogP contribution in [0, 0.1) is 13.8 Å². The quantitative estimate of drug-likeness (QED) is 0.662. The van der Waals surface area contributed by atoms with Crippen LogP contribution in [0.25, 0.3) is 0 Å². The van der Waals surface area contributed by atoms with Gasteiger partial charge in [-0.2, -0.15) is 0 Å². The number of rotatable bonds is 1. The number of hydrogen-bond acceptors (Lipinski definition) is 2. The van der Waals surface area contributed by atoms with Crippen LogP contribution in [0.2, 0.25) is 0 Å². The first-order valence-electron chi connectivity index (χ1n) is 3.43. The first kappa shape index (κ1) is 7.76. The predicted octanol–water partition coefficient (Wildman–Crippen LogP) is 2.38. The maximum absolute atomic E-state index is 5.74. The van der Waals surface area contributed by atoms with Gasteiger partial charge in [-0.15, -0.1) is 11.3 Å². The van der Waals surface area contributed by atoms with Gasteiger partial charge in [-0.05, 0) is 32.4 Å². The largest absolute Gasteiger partial charge is 0.323 e. The van der Waals surface area contributed by atoms with Gasteiger partial charge in [0.25, 0.3) is 0 Å². The topological polar surface area (TPSA) is 26.0 Å². The van der Waals surface area contributed by atoms with Crippen molar-refractivity contribution in [1.29, 1.82) is 0 Å². The number of nitrogens with two attached hydrogens (primary N) is 1. The molecule has 0 saturated heterocycles. The van der Waals surface area contributed by atoms with Crippen molar-refractivity contribution in [1.82, 2.24) is 0 Å². The van der Waals surface area contributed by atoms with Gasteiger partial charge in [-0.1, -0.05) is 0 Å². The van der Waals surface area contributed by atoms with Gasteiger partial charge in [0.05, 0.1) is 0 Å². The van der Waals surface area contributed by atoms with Crippen LogP contribution in [0.15, 0.2) is 6.07 Å². The second-order valence-corrected chi connectivity index (χ2v) is 3.98. The SMILES string of the molecule is Cc1cc(C)c([C@H](C)N)s1. The van der Waals surface area contributed by atoms with Crippen LogP contribution in [0.1, 0.15) is 28.3 Å². The zero-order valence-electron chi connectivity index (χ0n) is 6.64. The molecule has 0 radical (unpaired) electrons. The van der Waals surface area contributed by atoms with Crippen molar-refractivity contribution in [3.05, 3.63) is 21.4 Å². The van der Waals surface area contributed by atoms with E-state index in [0.29, 0.717) is 0 Å². The Morgan fingerprint density at radius 3 is 2.30 bits per heavy atom. The van der Waals surface area contributed by atoms with E-state index in [1.54, 1.807) is 11.3 Å². The summed E-state index contributed by atoms with van der Waals surface area (Å²) in [5.74, 6) is 0. The minimum absolute atomic E-state index is 0.193. The van der Waals surface area contributed by atoms with Crippen LogP contribution in [0.5, 0.6) is 0 Å². The molecular formula is C8H13NS. The summed E-state index contributed by atoms with van der Waals surface area (Å²) in [5, 5.41) is 0. The Balaban J connectivity index is 3.03. The summed E-state index contributed by atoms with van der Waals surface area (Å²) in [6.07, 6.45) is 0. The maximum atomic E-state index is 5.74. The monoisotopic (exact) mass is 155 g/mol.